The largest absolute Gasteiger partial charge is 0.490 e. The van der Waals surface area contributed by atoms with Crippen molar-refractivity contribution in [3.05, 3.63) is 52.6 Å². The van der Waals surface area contributed by atoms with E-state index in [-0.39, 0.29) is 25.6 Å². The summed E-state index contributed by atoms with van der Waals surface area (Å²) in [6, 6.07) is 6.84. The first kappa shape index (κ1) is 19.9. The van der Waals surface area contributed by atoms with Crippen molar-refractivity contribution in [3.8, 4) is 23.0 Å². The first-order valence-electron chi connectivity index (χ1n) is 10.3. The molecule has 0 saturated carbocycles. The number of ketones is 1. The number of alkyl halides is 1. The second kappa shape index (κ2) is 7.27. The molecule has 7 heteroatoms. The molecular formula is C24H23FO6. The maximum Gasteiger partial charge on any atom is 0.178 e. The number of rotatable bonds is 4. The van der Waals surface area contributed by atoms with Crippen LogP contribution in [0.5, 0.6) is 23.0 Å². The van der Waals surface area contributed by atoms with E-state index in [0.717, 1.165) is 5.56 Å². The summed E-state index contributed by atoms with van der Waals surface area (Å²) in [6.07, 6.45) is 3.35. The lowest BCUT2D eigenvalue weighted by molar-refractivity contribution is 0.0553. The third-order valence-electron chi connectivity index (χ3n) is 5.81. The Morgan fingerprint density at radius 3 is 2.87 bits per heavy atom. The Bertz CT molecular complexity index is 1090. The number of aliphatic hydroxyl groups is 1. The normalized spacial score (nSPS) is 22.1. The van der Waals surface area contributed by atoms with Crippen LogP contribution >= 0.6 is 0 Å². The standard InChI is InChI=1S/C24H23FO6/c1-24(2)6-5-14-17(31-24)4-3-15-22(27)21-16-10-18(28-8-7-25)13(11-26)9-19(16)29-12-20(21)30-23(14)15/h3-6,9-10,20-21,26H,7-8,11-12H2,1-2H3/t20-,21+/m1/s1/i25-1. The first-order chi connectivity index (χ1) is 14.9. The highest BCUT2D eigenvalue weighted by molar-refractivity contribution is 6.06. The second-order valence-corrected chi connectivity index (χ2v) is 8.40. The molecule has 0 aliphatic carbocycles. The number of halogens is 1. The van der Waals surface area contributed by atoms with Crippen LogP contribution < -0.4 is 18.9 Å². The zero-order valence-corrected chi connectivity index (χ0v) is 17.3. The van der Waals surface area contributed by atoms with Crippen LogP contribution in [0.2, 0.25) is 0 Å². The van der Waals surface area contributed by atoms with E-state index >= 15 is 0 Å². The lowest BCUT2D eigenvalue weighted by Crippen LogP contribution is -2.43. The summed E-state index contributed by atoms with van der Waals surface area (Å²) in [5.74, 6) is 1.35. The third kappa shape index (κ3) is 3.24. The van der Waals surface area contributed by atoms with Crippen LogP contribution in [0.1, 0.15) is 46.8 Å². The van der Waals surface area contributed by atoms with Crippen LogP contribution in [0.4, 0.5) is 4.39 Å². The molecule has 6 nitrogen and oxygen atoms in total. The molecule has 0 aromatic heterocycles. The molecule has 2 aromatic rings. The van der Waals surface area contributed by atoms with Gasteiger partial charge < -0.3 is 24.1 Å². The molecule has 0 saturated heterocycles. The van der Waals surface area contributed by atoms with Crippen LogP contribution in [-0.2, 0) is 6.61 Å². The fourth-order valence-corrected chi connectivity index (χ4v) is 4.34. The summed E-state index contributed by atoms with van der Waals surface area (Å²) in [5.41, 5.74) is 1.89. The molecule has 3 aliphatic rings. The SMILES string of the molecule is CC1(C)C=Cc2c(ccc3c2O[C@@H]2COc4cc(CO)c(OCC[18F])cc4[C@@H]2C3=O)O1. The summed E-state index contributed by atoms with van der Waals surface area (Å²) in [6.45, 7) is 3.04. The van der Waals surface area contributed by atoms with Crippen molar-refractivity contribution < 1.29 is 33.2 Å². The predicted molar refractivity (Wildman–Crippen MR) is 111 cm³/mol. The highest BCUT2D eigenvalue weighted by Crippen LogP contribution is 2.48. The van der Waals surface area contributed by atoms with E-state index < -0.39 is 24.3 Å². The van der Waals surface area contributed by atoms with E-state index in [9.17, 15) is 14.3 Å². The van der Waals surface area contributed by atoms with Crippen LogP contribution in [0.25, 0.3) is 6.08 Å². The Morgan fingerprint density at radius 1 is 1.26 bits per heavy atom. The maximum absolute atomic E-state index is 13.6. The van der Waals surface area contributed by atoms with Gasteiger partial charge in [-0.15, -0.1) is 0 Å². The number of Topliss-reactive ketones (excluding diaryl/α,β-unsaturated/α-hetero) is 1. The predicted octanol–water partition coefficient (Wildman–Crippen LogP) is 3.83. The van der Waals surface area contributed by atoms with Crippen molar-refractivity contribution in [3.63, 3.8) is 0 Å². The monoisotopic (exact) mass is 425 g/mol. The van der Waals surface area contributed by atoms with Gasteiger partial charge in [-0.3, -0.25) is 4.79 Å². The van der Waals surface area contributed by atoms with E-state index in [0.29, 0.717) is 39.7 Å². The second-order valence-electron chi connectivity index (χ2n) is 8.40. The Labute approximate surface area is 179 Å². The number of carbonyl (C=O) groups excluding carboxylic acids is 1. The minimum absolute atomic E-state index is 0.0787. The Balaban J connectivity index is 1.57. The molecule has 0 unspecified atom stereocenters. The van der Waals surface area contributed by atoms with E-state index in [1.54, 1.807) is 24.3 Å². The molecule has 2 aromatic carbocycles. The zero-order valence-electron chi connectivity index (χ0n) is 17.3. The molecule has 5 rings (SSSR count). The van der Waals surface area contributed by atoms with E-state index in [1.807, 2.05) is 26.0 Å². The van der Waals surface area contributed by atoms with E-state index in [1.165, 1.54) is 0 Å². The Morgan fingerprint density at radius 2 is 2.10 bits per heavy atom. The van der Waals surface area contributed by atoms with Gasteiger partial charge >= 0.3 is 0 Å². The molecule has 162 valence electrons. The van der Waals surface area contributed by atoms with Gasteiger partial charge in [0.1, 0.15) is 54.6 Å². The number of ether oxygens (including phenoxy) is 4. The lowest BCUT2D eigenvalue weighted by atomic mass is 9.80. The molecule has 0 bridgehead atoms. The van der Waals surface area contributed by atoms with Crippen molar-refractivity contribution >= 4 is 11.9 Å². The third-order valence-corrected chi connectivity index (χ3v) is 5.81. The molecule has 0 amide bonds. The van der Waals surface area contributed by atoms with Gasteiger partial charge in [0.15, 0.2) is 5.78 Å². The summed E-state index contributed by atoms with van der Waals surface area (Å²) in [7, 11) is 0. The highest BCUT2D eigenvalue weighted by atomic mass is 18.2. The quantitative estimate of drug-likeness (QED) is 0.803. The van der Waals surface area contributed by atoms with Gasteiger partial charge in [0, 0.05) is 11.1 Å². The molecule has 0 radical (unpaired) electrons. The van der Waals surface area contributed by atoms with Crippen LogP contribution in [-0.4, -0.2) is 42.5 Å². The van der Waals surface area contributed by atoms with Crippen molar-refractivity contribution in [2.24, 2.45) is 0 Å². The first-order valence-corrected chi connectivity index (χ1v) is 10.3. The number of fused-ring (bicyclic) bond motifs is 6. The average Bonchev–Trinajstić information content (AvgIpc) is 2.75. The maximum atomic E-state index is 13.6. The van der Waals surface area contributed by atoms with Gasteiger partial charge in [0.05, 0.1) is 23.7 Å². The fraction of sp³-hybridized carbons (Fsp3) is 0.375. The topological polar surface area (TPSA) is 74.2 Å². The number of carbonyl (C=O) groups is 1. The summed E-state index contributed by atoms with van der Waals surface area (Å²) in [4.78, 5) is 13.6. The van der Waals surface area contributed by atoms with Crippen molar-refractivity contribution in [2.45, 2.75) is 38.1 Å². The van der Waals surface area contributed by atoms with Crippen LogP contribution in [0, 0.1) is 0 Å². The fourth-order valence-electron chi connectivity index (χ4n) is 4.34. The molecule has 1 N–H and O–H groups in total. The summed E-state index contributed by atoms with van der Waals surface area (Å²) in [5, 5.41) is 9.64. The number of hydrogen-bond donors (Lipinski definition) is 1. The molecular weight excluding hydrogens is 402 g/mol. The number of benzene rings is 2. The van der Waals surface area contributed by atoms with Gasteiger partial charge in [-0.1, -0.05) is 0 Å². The van der Waals surface area contributed by atoms with E-state index in [4.69, 9.17) is 18.9 Å². The van der Waals surface area contributed by atoms with Crippen LogP contribution in [0.3, 0.4) is 0 Å². The van der Waals surface area contributed by atoms with E-state index in [2.05, 4.69) is 0 Å². The minimum atomic E-state index is -0.655. The summed E-state index contributed by atoms with van der Waals surface area (Å²) < 4.78 is 36.2. The van der Waals surface area contributed by atoms with Crippen LogP contribution in [0.15, 0.2) is 30.3 Å². The number of hydrogen-bond acceptors (Lipinski definition) is 6. The van der Waals surface area contributed by atoms with Crippen molar-refractivity contribution in [2.75, 3.05) is 19.9 Å². The smallest absolute Gasteiger partial charge is 0.178 e. The van der Waals surface area contributed by atoms with Gasteiger partial charge in [0.25, 0.3) is 0 Å². The van der Waals surface area contributed by atoms with Gasteiger partial charge in [-0.05, 0) is 50.3 Å². The Kier molecular flexibility index (Phi) is 4.66. The average molecular weight is 425 g/mol. The van der Waals surface area contributed by atoms with Gasteiger partial charge in [-0.2, -0.15) is 0 Å². The van der Waals surface area contributed by atoms with Crippen molar-refractivity contribution in [1.29, 1.82) is 0 Å². The molecule has 0 spiro atoms. The van der Waals surface area contributed by atoms with Gasteiger partial charge in [0.2, 0.25) is 0 Å². The highest BCUT2D eigenvalue weighted by Gasteiger charge is 2.44. The molecule has 0 fully saturated rings. The van der Waals surface area contributed by atoms with Gasteiger partial charge in [-0.25, -0.2) is 4.39 Å². The molecule has 31 heavy (non-hydrogen) atoms. The minimum Gasteiger partial charge on any atom is -0.490 e. The van der Waals surface area contributed by atoms with Crippen molar-refractivity contribution in [1.82, 2.24) is 0 Å². The molecule has 3 heterocycles. The number of aliphatic hydroxyl groups excluding tert-OH is 1. The Hall–Kier alpha value is -3.06. The molecule has 2 atom stereocenters. The summed E-state index contributed by atoms with van der Waals surface area (Å²) >= 11 is 0. The lowest BCUT2D eigenvalue weighted by Gasteiger charge is -2.39. The zero-order chi connectivity index (χ0) is 21.8. The molecule has 3 aliphatic heterocycles.